The van der Waals surface area contributed by atoms with Crippen molar-refractivity contribution < 1.29 is 13.2 Å². The first kappa shape index (κ1) is 19.6. The molecule has 0 radical (unpaired) electrons. The maximum atomic E-state index is 13.5. The molecule has 0 aliphatic rings. The lowest BCUT2D eigenvalue weighted by Crippen LogP contribution is -2.19. The number of hydrogen-bond donors (Lipinski definition) is 1. The minimum atomic E-state index is -4.57. The standard InChI is InChI=1S/C18H13Br2F3N4/c1-27(14-8-4-12(20)5-9-14)16-15(18(21,22)23)10-24-17(26-16)25-13-6-2-11(19)3-7-13/h2-10H,1H3,(H,24,25,26). The molecule has 0 aliphatic heterocycles. The van der Waals surface area contributed by atoms with Gasteiger partial charge in [-0.15, -0.1) is 0 Å². The second-order valence-corrected chi connectivity index (χ2v) is 7.43. The van der Waals surface area contributed by atoms with Gasteiger partial charge in [0.15, 0.2) is 5.82 Å². The molecular weight excluding hydrogens is 489 g/mol. The largest absolute Gasteiger partial charge is 0.421 e. The Bertz CT molecular complexity index is 929. The fourth-order valence-electron chi connectivity index (χ4n) is 2.34. The molecule has 0 saturated carbocycles. The molecule has 4 nitrogen and oxygen atoms in total. The fourth-order valence-corrected chi connectivity index (χ4v) is 2.87. The van der Waals surface area contributed by atoms with E-state index < -0.39 is 11.7 Å². The molecule has 0 unspecified atom stereocenters. The molecule has 1 N–H and O–H groups in total. The van der Waals surface area contributed by atoms with Crippen LogP contribution in [-0.2, 0) is 6.18 Å². The van der Waals surface area contributed by atoms with Crippen LogP contribution in [0, 0.1) is 0 Å². The highest BCUT2D eigenvalue weighted by molar-refractivity contribution is 9.10. The van der Waals surface area contributed by atoms with Gasteiger partial charge in [-0.2, -0.15) is 18.2 Å². The third-order valence-electron chi connectivity index (χ3n) is 3.71. The van der Waals surface area contributed by atoms with Gasteiger partial charge in [-0.1, -0.05) is 31.9 Å². The van der Waals surface area contributed by atoms with Gasteiger partial charge in [-0.05, 0) is 48.5 Å². The number of nitrogens with one attached hydrogen (secondary N) is 1. The highest BCUT2D eigenvalue weighted by atomic mass is 79.9. The van der Waals surface area contributed by atoms with Crippen LogP contribution >= 0.6 is 31.9 Å². The van der Waals surface area contributed by atoms with Crippen molar-refractivity contribution in [1.82, 2.24) is 9.97 Å². The van der Waals surface area contributed by atoms with E-state index in [9.17, 15) is 13.2 Å². The lowest BCUT2D eigenvalue weighted by molar-refractivity contribution is -0.137. The van der Waals surface area contributed by atoms with Crippen LogP contribution in [0.1, 0.15) is 5.56 Å². The molecule has 9 heteroatoms. The number of halogens is 5. The van der Waals surface area contributed by atoms with Crippen LogP contribution in [0.5, 0.6) is 0 Å². The summed E-state index contributed by atoms with van der Waals surface area (Å²) in [6.07, 6.45) is -3.78. The summed E-state index contributed by atoms with van der Waals surface area (Å²) in [7, 11) is 1.53. The third kappa shape index (κ3) is 4.78. The summed E-state index contributed by atoms with van der Waals surface area (Å²) >= 11 is 6.64. The Morgan fingerprint density at radius 3 is 2.04 bits per heavy atom. The number of hydrogen-bond acceptors (Lipinski definition) is 4. The molecule has 3 aromatic rings. The Morgan fingerprint density at radius 2 is 1.48 bits per heavy atom. The predicted octanol–water partition coefficient (Wildman–Crippen LogP) is 6.53. The third-order valence-corrected chi connectivity index (χ3v) is 4.76. The smallest absolute Gasteiger partial charge is 0.329 e. The summed E-state index contributed by atoms with van der Waals surface area (Å²) in [5.74, 6) is -0.163. The van der Waals surface area contributed by atoms with Crippen molar-refractivity contribution in [3.8, 4) is 0 Å². The molecule has 0 aliphatic carbocycles. The summed E-state index contributed by atoms with van der Waals surface area (Å²) in [6, 6.07) is 14.1. The van der Waals surface area contributed by atoms with E-state index in [1.54, 1.807) is 48.5 Å². The minimum absolute atomic E-state index is 0.0734. The minimum Gasteiger partial charge on any atom is -0.329 e. The zero-order chi connectivity index (χ0) is 19.6. The van der Waals surface area contributed by atoms with E-state index in [1.807, 2.05) is 0 Å². The summed E-state index contributed by atoms with van der Waals surface area (Å²) < 4.78 is 42.1. The van der Waals surface area contributed by atoms with Gasteiger partial charge in [0.2, 0.25) is 5.95 Å². The second kappa shape index (κ2) is 7.85. The summed E-state index contributed by atoms with van der Waals surface area (Å²) in [5.41, 5.74) is 0.321. The number of benzene rings is 2. The topological polar surface area (TPSA) is 41.1 Å². The maximum Gasteiger partial charge on any atom is 0.421 e. The molecule has 0 saturated heterocycles. The first-order valence-electron chi connectivity index (χ1n) is 7.70. The Balaban J connectivity index is 2.00. The van der Waals surface area contributed by atoms with E-state index in [2.05, 4.69) is 47.1 Å². The van der Waals surface area contributed by atoms with Crippen molar-refractivity contribution in [3.63, 3.8) is 0 Å². The van der Waals surface area contributed by atoms with Gasteiger partial charge in [0.25, 0.3) is 0 Å². The molecule has 3 rings (SSSR count). The lowest BCUT2D eigenvalue weighted by Gasteiger charge is -2.23. The second-order valence-electron chi connectivity index (χ2n) is 5.60. The fraction of sp³-hybridized carbons (Fsp3) is 0.111. The van der Waals surface area contributed by atoms with Gasteiger partial charge < -0.3 is 10.2 Å². The average Bonchev–Trinajstić information content (AvgIpc) is 2.63. The van der Waals surface area contributed by atoms with Crippen LogP contribution in [0.2, 0.25) is 0 Å². The Labute approximate surface area is 170 Å². The van der Waals surface area contributed by atoms with Gasteiger partial charge in [-0.25, -0.2) is 4.98 Å². The van der Waals surface area contributed by atoms with Crippen LogP contribution in [0.3, 0.4) is 0 Å². The zero-order valence-electron chi connectivity index (χ0n) is 13.9. The van der Waals surface area contributed by atoms with Crippen molar-refractivity contribution >= 4 is 55.0 Å². The number of aromatic nitrogens is 2. The Morgan fingerprint density at radius 1 is 0.926 bits per heavy atom. The molecule has 0 fully saturated rings. The SMILES string of the molecule is CN(c1ccc(Br)cc1)c1nc(Nc2ccc(Br)cc2)ncc1C(F)(F)F. The van der Waals surface area contributed by atoms with E-state index in [-0.39, 0.29) is 11.8 Å². The molecular formula is C18H13Br2F3N4. The monoisotopic (exact) mass is 500 g/mol. The average molecular weight is 502 g/mol. The lowest BCUT2D eigenvalue weighted by atomic mass is 10.2. The zero-order valence-corrected chi connectivity index (χ0v) is 17.1. The first-order chi connectivity index (χ1) is 12.7. The molecule has 1 heterocycles. The van der Waals surface area contributed by atoms with Crippen LogP contribution in [0.25, 0.3) is 0 Å². The predicted molar refractivity (Wildman–Crippen MR) is 107 cm³/mol. The van der Waals surface area contributed by atoms with Gasteiger partial charge in [-0.3, -0.25) is 0 Å². The number of anilines is 4. The van der Waals surface area contributed by atoms with E-state index in [0.717, 1.165) is 15.1 Å². The molecule has 27 heavy (non-hydrogen) atoms. The highest BCUT2D eigenvalue weighted by Gasteiger charge is 2.36. The quantitative estimate of drug-likeness (QED) is 0.441. The molecule has 2 aromatic carbocycles. The van der Waals surface area contributed by atoms with Crippen molar-refractivity contribution in [1.29, 1.82) is 0 Å². The van der Waals surface area contributed by atoms with Crippen LogP contribution in [0.15, 0.2) is 63.7 Å². The highest BCUT2D eigenvalue weighted by Crippen LogP contribution is 2.37. The Hall–Kier alpha value is -2.13. The molecule has 0 amide bonds. The van der Waals surface area contributed by atoms with E-state index >= 15 is 0 Å². The molecule has 0 bridgehead atoms. The van der Waals surface area contributed by atoms with Crippen molar-refractivity contribution in [2.75, 3.05) is 17.3 Å². The van der Waals surface area contributed by atoms with Crippen molar-refractivity contribution in [2.45, 2.75) is 6.18 Å². The van der Waals surface area contributed by atoms with Gasteiger partial charge in [0.1, 0.15) is 5.56 Å². The normalized spacial score (nSPS) is 11.3. The van der Waals surface area contributed by atoms with Crippen molar-refractivity contribution in [2.24, 2.45) is 0 Å². The summed E-state index contributed by atoms with van der Waals surface area (Å²) in [6.45, 7) is 0. The first-order valence-corrected chi connectivity index (χ1v) is 9.29. The molecule has 1 aromatic heterocycles. The van der Waals surface area contributed by atoms with E-state index in [1.165, 1.54) is 11.9 Å². The molecule has 0 atom stereocenters. The van der Waals surface area contributed by atoms with Crippen LogP contribution in [-0.4, -0.2) is 17.0 Å². The van der Waals surface area contributed by atoms with Gasteiger partial charge >= 0.3 is 6.18 Å². The summed E-state index contributed by atoms with van der Waals surface area (Å²) in [5, 5.41) is 2.92. The molecule has 0 spiro atoms. The van der Waals surface area contributed by atoms with Gasteiger partial charge in [0, 0.05) is 33.6 Å². The number of rotatable bonds is 4. The van der Waals surface area contributed by atoms with Crippen LogP contribution in [0.4, 0.5) is 36.3 Å². The van der Waals surface area contributed by atoms with Crippen LogP contribution < -0.4 is 10.2 Å². The van der Waals surface area contributed by atoms with Gasteiger partial charge in [0.05, 0.1) is 0 Å². The number of nitrogens with zero attached hydrogens (tertiary/aromatic N) is 3. The van der Waals surface area contributed by atoms with Crippen molar-refractivity contribution in [3.05, 3.63) is 69.2 Å². The maximum absolute atomic E-state index is 13.5. The summed E-state index contributed by atoms with van der Waals surface area (Å²) in [4.78, 5) is 9.32. The number of alkyl halides is 3. The van der Waals surface area contributed by atoms with E-state index in [4.69, 9.17) is 0 Å². The van der Waals surface area contributed by atoms with E-state index in [0.29, 0.717) is 11.4 Å². The Kier molecular flexibility index (Phi) is 5.71. The molecule has 140 valence electrons.